The van der Waals surface area contributed by atoms with E-state index < -0.39 is 0 Å². The lowest BCUT2D eigenvalue weighted by Gasteiger charge is -2.34. The first-order valence-electron chi connectivity index (χ1n) is 9.15. The first kappa shape index (κ1) is 17.0. The number of carbonyl (C=O) groups excluding carboxylic acids is 1. The van der Waals surface area contributed by atoms with Crippen LogP contribution in [0.3, 0.4) is 0 Å². The van der Waals surface area contributed by atoms with Gasteiger partial charge in [0.05, 0.1) is 13.2 Å². The second-order valence-electron chi connectivity index (χ2n) is 6.83. The highest BCUT2D eigenvalue weighted by atomic mass is 16.5. The summed E-state index contributed by atoms with van der Waals surface area (Å²) in [6, 6.07) is 1.57. The minimum absolute atomic E-state index is 0.0613. The lowest BCUT2D eigenvalue weighted by molar-refractivity contribution is -0.00560. The topological polar surface area (TPSA) is 96.0 Å². The zero-order chi connectivity index (χ0) is 18.1. The molecule has 3 heterocycles. The number of morpholine rings is 1. The molecule has 2 aromatic heterocycles. The Balaban J connectivity index is 1.66. The van der Waals surface area contributed by atoms with E-state index in [0.29, 0.717) is 31.3 Å². The lowest BCUT2D eigenvalue weighted by Crippen LogP contribution is -2.44. The van der Waals surface area contributed by atoms with Crippen LogP contribution in [0.5, 0.6) is 0 Å². The molecular formula is C18H24N6O2. The number of aromatic amines is 1. The number of nitrogens with one attached hydrogen (secondary N) is 2. The van der Waals surface area contributed by atoms with E-state index in [0.717, 1.165) is 48.5 Å². The molecule has 0 saturated carbocycles. The number of carbonyl (C=O) groups is 1. The van der Waals surface area contributed by atoms with Gasteiger partial charge >= 0.3 is 0 Å². The van der Waals surface area contributed by atoms with Crippen LogP contribution in [0, 0.1) is 6.92 Å². The van der Waals surface area contributed by atoms with Gasteiger partial charge in [0.1, 0.15) is 11.9 Å². The second-order valence-corrected chi connectivity index (χ2v) is 6.83. The molecule has 0 bridgehead atoms. The molecule has 2 aliphatic rings. The summed E-state index contributed by atoms with van der Waals surface area (Å²) in [5.41, 5.74) is 3.59. The van der Waals surface area contributed by atoms with E-state index in [1.807, 2.05) is 24.9 Å². The first-order chi connectivity index (χ1) is 12.7. The Morgan fingerprint density at radius 1 is 1.35 bits per heavy atom. The molecule has 1 saturated heterocycles. The molecule has 1 amide bonds. The number of anilines is 1. The third-order valence-electron chi connectivity index (χ3n) is 5.07. The van der Waals surface area contributed by atoms with Crippen molar-refractivity contribution in [2.45, 2.75) is 38.6 Å². The molecule has 2 aromatic rings. The second kappa shape index (κ2) is 7.03. The van der Waals surface area contributed by atoms with Crippen molar-refractivity contribution in [3.8, 4) is 0 Å². The van der Waals surface area contributed by atoms with Gasteiger partial charge in [0.25, 0.3) is 5.91 Å². The fourth-order valence-electron chi connectivity index (χ4n) is 3.72. The van der Waals surface area contributed by atoms with Crippen LogP contribution >= 0.6 is 0 Å². The fraction of sp³-hybridized carbons (Fsp3) is 0.556. The number of aryl methyl sites for hydroxylation is 2. The van der Waals surface area contributed by atoms with Crippen molar-refractivity contribution in [1.82, 2.24) is 25.1 Å². The lowest BCUT2D eigenvalue weighted by atomic mass is 9.95. The van der Waals surface area contributed by atoms with Crippen molar-refractivity contribution in [1.29, 1.82) is 0 Å². The summed E-state index contributed by atoms with van der Waals surface area (Å²) in [6.45, 7) is 3.34. The van der Waals surface area contributed by atoms with E-state index in [-0.39, 0.29) is 11.9 Å². The Kier molecular flexibility index (Phi) is 4.58. The maximum absolute atomic E-state index is 13.3. The highest BCUT2D eigenvalue weighted by molar-refractivity contribution is 5.94. The zero-order valence-corrected chi connectivity index (χ0v) is 15.2. The van der Waals surface area contributed by atoms with E-state index in [9.17, 15) is 4.79 Å². The Morgan fingerprint density at radius 3 is 3.04 bits per heavy atom. The molecule has 138 valence electrons. The van der Waals surface area contributed by atoms with E-state index in [2.05, 4.69) is 25.5 Å². The van der Waals surface area contributed by atoms with E-state index in [1.54, 1.807) is 0 Å². The summed E-state index contributed by atoms with van der Waals surface area (Å²) in [6.07, 6.45) is 4.13. The van der Waals surface area contributed by atoms with Crippen molar-refractivity contribution >= 4 is 11.7 Å². The maximum atomic E-state index is 13.3. The molecule has 1 aliphatic carbocycles. The minimum Gasteiger partial charge on any atom is -0.377 e. The van der Waals surface area contributed by atoms with Crippen LogP contribution in [-0.4, -0.2) is 57.8 Å². The van der Waals surface area contributed by atoms with Crippen molar-refractivity contribution in [3.63, 3.8) is 0 Å². The predicted molar refractivity (Wildman–Crippen MR) is 96.1 cm³/mol. The summed E-state index contributed by atoms with van der Waals surface area (Å²) < 4.78 is 5.64. The summed E-state index contributed by atoms with van der Waals surface area (Å²) in [7, 11) is 1.82. The van der Waals surface area contributed by atoms with Gasteiger partial charge in [0.2, 0.25) is 0 Å². The first-order valence-corrected chi connectivity index (χ1v) is 9.15. The van der Waals surface area contributed by atoms with Gasteiger partial charge in [-0.2, -0.15) is 5.10 Å². The highest BCUT2D eigenvalue weighted by Gasteiger charge is 2.34. The standard InChI is InChI=1S/C18H24N6O2/c1-11-9-15(19-2)21-17(20-11)14-10-26-8-7-24(14)18(25)16-12-5-3-4-6-13(12)22-23-16/h9,14H,3-8,10H2,1-2H3,(H,22,23)(H,19,20,21)/t14-/m1/s1. The Labute approximate surface area is 152 Å². The van der Waals surface area contributed by atoms with Gasteiger partial charge in [0, 0.05) is 36.6 Å². The normalized spacial score (nSPS) is 19.9. The van der Waals surface area contributed by atoms with Gasteiger partial charge < -0.3 is 15.0 Å². The van der Waals surface area contributed by atoms with Gasteiger partial charge in [0.15, 0.2) is 11.5 Å². The zero-order valence-electron chi connectivity index (χ0n) is 15.2. The van der Waals surface area contributed by atoms with E-state index >= 15 is 0 Å². The Hall–Kier alpha value is -2.48. The van der Waals surface area contributed by atoms with Crippen LogP contribution in [0.2, 0.25) is 0 Å². The third-order valence-corrected chi connectivity index (χ3v) is 5.07. The number of H-pyrrole nitrogens is 1. The molecule has 0 unspecified atom stereocenters. The smallest absolute Gasteiger partial charge is 0.275 e. The van der Waals surface area contributed by atoms with Crippen LogP contribution in [0.25, 0.3) is 0 Å². The molecular weight excluding hydrogens is 332 g/mol. The maximum Gasteiger partial charge on any atom is 0.275 e. The average Bonchev–Trinajstić information content (AvgIpc) is 3.11. The van der Waals surface area contributed by atoms with Crippen LogP contribution in [0.4, 0.5) is 5.82 Å². The fourth-order valence-corrected chi connectivity index (χ4v) is 3.72. The summed E-state index contributed by atoms with van der Waals surface area (Å²) in [4.78, 5) is 24.2. The number of rotatable bonds is 3. The summed E-state index contributed by atoms with van der Waals surface area (Å²) in [5, 5.41) is 10.4. The molecule has 8 nitrogen and oxygen atoms in total. The summed E-state index contributed by atoms with van der Waals surface area (Å²) in [5.74, 6) is 1.28. The molecule has 0 spiro atoms. The Bertz CT molecular complexity index is 818. The van der Waals surface area contributed by atoms with Crippen molar-refractivity contribution in [2.75, 3.05) is 32.1 Å². The van der Waals surface area contributed by atoms with Gasteiger partial charge in [-0.1, -0.05) is 0 Å². The highest BCUT2D eigenvalue weighted by Crippen LogP contribution is 2.28. The molecule has 1 aliphatic heterocycles. The number of fused-ring (bicyclic) bond motifs is 1. The average molecular weight is 356 g/mol. The molecule has 26 heavy (non-hydrogen) atoms. The number of hydrogen-bond acceptors (Lipinski definition) is 6. The van der Waals surface area contributed by atoms with Gasteiger partial charge in [-0.05, 0) is 32.6 Å². The van der Waals surface area contributed by atoms with Crippen molar-refractivity contribution in [3.05, 3.63) is 34.5 Å². The van der Waals surface area contributed by atoms with Crippen molar-refractivity contribution < 1.29 is 9.53 Å². The number of aromatic nitrogens is 4. The van der Waals surface area contributed by atoms with Gasteiger partial charge in [-0.3, -0.25) is 9.89 Å². The SMILES string of the molecule is CNc1cc(C)nc([C@H]2COCCN2C(=O)c2n[nH]c3c2CCCC3)n1. The number of ether oxygens (including phenoxy) is 1. The third kappa shape index (κ3) is 3.05. The van der Waals surface area contributed by atoms with Crippen molar-refractivity contribution in [2.24, 2.45) is 0 Å². The van der Waals surface area contributed by atoms with E-state index in [4.69, 9.17) is 4.74 Å². The molecule has 0 aromatic carbocycles. The van der Waals surface area contributed by atoms with E-state index in [1.165, 1.54) is 0 Å². The van der Waals surface area contributed by atoms with Crippen LogP contribution in [0.15, 0.2) is 6.07 Å². The number of amides is 1. The molecule has 8 heteroatoms. The van der Waals surface area contributed by atoms with Crippen LogP contribution in [0.1, 0.15) is 52.1 Å². The predicted octanol–water partition coefficient (Wildman–Crippen LogP) is 1.64. The van der Waals surface area contributed by atoms with Crippen LogP contribution in [-0.2, 0) is 17.6 Å². The molecule has 1 fully saturated rings. The molecule has 4 rings (SSSR count). The molecule has 0 radical (unpaired) electrons. The van der Waals surface area contributed by atoms with Gasteiger partial charge in [-0.15, -0.1) is 0 Å². The van der Waals surface area contributed by atoms with Gasteiger partial charge in [-0.25, -0.2) is 9.97 Å². The van der Waals surface area contributed by atoms with Crippen LogP contribution < -0.4 is 5.32 Å². The molecule has 2 N–H and O–H groups in total. The Morgan fingerprint density at radius 2 is 2.19 bits per heavy atom. The largest absolute Gasteiger partial charge is 0.377 e. The quantitative estimate of drug-likeness (QED) is 0.868. The molecule has 1 atom stereocenters. The number of hydrogen-bond donors (Lipinski definition) is 2. The minimum atomic E-state index is -0.306. The summed E-state index contributed by atoms with van der Waals surface area (Å²) >= 11 is 0. The monoisotopic (exact) mass is 356 g/mol. The number of nitrogens with zero attached hydrogens (tertiary/aromatic N) is 4.